The summed E-state index contributed by atoms with van der Waals surface area (Å²) in [6.07, 6.45) is 3.47. The zero-order chi connectivity index (χ0) is 14.8. The standard InChI is InChI=1S/C13H12Br2N4OS/c14-9-8-10(21-11(9)15)12(20)18-4-6-19(7-5-18)13-16-2-1-3-17-13/h1-3,8H,4-7H2. The highest BCUT2D eigenvalue weighted by Gasteiger charge is 2.24. The maximum absolute atomic E-state index is 12.5. The predicted octanol–water partition coefficient (Wildman–Crippen LogP) is 3.03. The van der Waals surface area contributed by atoms with Crippen molar-refractivity contribution in [2.75, 3.05) is 31.1 Å². The fraction of sp³-hybridized carbons (Fsp3) is 0.308. The summed E-state index contributed by atoms with van der Waals surface area (Å²) >= 11 is 8.29. The molecule has 0 radical (unpaired) electrons. The summed E-state index contributed by atoms with van der Waals surface area (Å²) in [7, 11) is 0. The Bertz CT molecular complexity index is 621. The molecule has 5 nitrogen and oxygen atoms in total. The Morgan fingerprint density at radius 1 is 1.14 bits per heavy atom. The average Bonchev–Trinajstić information content (AvgIpc) is 2.87. The maximum Gasteiger partial charge on any atom is 0.264 e. The lowest BCUT2D eigenvalue weighted by Crippen LogP contribution is -2.49. The van der Waals surface area contributed by atoms with Crippen molar-refractivity contribution in [2.45, 2.75) is 0 Å². The number of nitrogens with zero attached hydrogens (tertiary/aromatic N) is 4. The number of hydrogen-bond donors (Lipinski definition) is 0. The van der Waals surface area contributed by atoms with E-state index in [0.717, 1.165) is 32.2 Å². The van der Waals surface area contributed by atoms with E-state index in [1.54, 1.807) is 18.5 Å². The Balaban J connectivity index is 1.64. The quantitative estimate of drug-likeness (QED) is 0.733. The summed E-state index contributed by atoms with van der Waals surface area (Å²) in [4.78, 5) is 25.7. The molecule has 2 aromatic heterocycles. The minimum atomic E-state index is 0.0834. The SMILES string of the molecule is O=C(c1cc(Br)c(Br)s1)N1CCN(c2ncccn2)CC1. The largest absolute Gasteiger partial charge is 0.337 e. The number of hydrogen-bond acceptors (Lipinski definition) is 5. The first-order valence-corrected chi connectivity index (χ1v) is 8.81. The number of piperazine rings is 1. The second-order valence-corrected chi connectivity index (χ2v) is 7.78. The average molecular weight is 432 g/mol. The van der Waals surface area contributed by atoms with E-state index in [-0.39, 0.29) is 5.91 Å². The van der Waals surface area contributed by atoms with Gasteiger partial charge >= 0.3 is 0 Å². The number of aromatic nitrogens is 2. The molecular weight excluding hydrogens is 420 g/mol. The summed E-state index contributed by atoms with van der Waals surface area (Å²) in [6.45, 7) is 2.88. The first-order valence-electron chi connectivity index (χ1n) is 6.41. The third-order valence-corrected chi connectivity index (χ3v) is 6.50. The Hall–Kier alpha value is -0.990. The van der Waals surface area contributed by atoms with E-state index in [2.05, 4.69) is 46.7 Å². The summed E-state index contributed by atoms with van der Waals surface area (Å²) in [6, 6.07) is 3.67. The number of anilines is 1. The Labute approximate surface area is 143 Å². The maximum atomic E-state index is 12.5. The topological polar surface area (TPSA) is 49.3 Å². The molecule has 1 saturated heterocycles. The van der Waals surface area contributed by atoms with Gasteiger partial charge in [-0.15, -0.1) is 11.3 Å². The van der Waals surface area contributed by atoms with Crippen LogP contribution in [-0.2, 0) is 0 Å². The van der Waals surface area contributed by atoms with Crippen LogP contribution in [0.15, 0.2) is 32.8 Å². The highest BCUT2D eigenvalue weighted by molar-refractivity contribution is 9.13. The molecule has 1 fully saturated rings. The van der Waals surface area contributed by atoms with Crippen LogP contribution in [0.2, 0.25) is 0 Å². The molecule has 0 aromatic carbocycles. The van der Waals surface area contributed by atoms with Gasteiger partial charge in [0.15, 0.2) is 0 Å². The van der Waals surface area contributed by atoms with Gasteiger partial charge in [0.25, 0.3) is 5.91 Å². The van der Waals surface area contributed by atoms with Gasteiger partial charge in [-0.1, -0.05) is 0 Å². The minimum Gasteiger partial charge on any atom is -0.337 e. The summed E-state index contributed by atoms with van der Waals surface area (Å²) in [5.74, 6) is 0.811. The van der Waals surface area contributed by atoms with E-state index in [1.807, 2.05) is 11.0 Å². The molecule has 0 N–H and O–H groups in total. The van der Waals surface area contributed by atoms with Crippen molar-refractivity contribution >= 4 is 55.1 Å². The molecule has 0 aliphatic carbocycles. The molecule has 1 aliphatic rings. The van der Waals surface area contributed by atoms with Gasteiger partial charge in [-0.2, -0.15) is 0 Å². The molecule has 0 spiro atoms. The minimum absolute atomic E-state index is 0.0834. The number of thiophene rings is 1. The Morgan fingerprint density at radius 3 is 2.38 bits per heavy atom. The van der Waals surface area contributed by atoms with Gasteiger partial charge < -0.3 is 9.80 Å². The van der Waals surface area contributed by atoms with Crippen LogP contribution in [-0.4, -0.2) is 47.0 Å². The fourth-order valence-corrected chi connectivity index (χ4v) is 4.18. The molecule has 110 valence electrons. The molecule has 1 aliphatic heterocycles. The molecule has 0 atom stereocenters. The van der Waals surface area contributed by atoms with Crippen LogP contribution in [0.1, 0.15) is 9.67 Å². The molecule has 0 unspecified atom stereocenters. The van der Waals surface area contributed by atoms with Gasteiger partial charge in [-0.25, -0.2) is 9.97 Å². The van der Waals surface area contributed by atoms with Gasteiger partial charge in [-0.05, 0) is 44.0 Å². The molecule has 0 saturated carbocycles. The van der Waals surface area contributed by atoms with E-state index >= 15 is 0 Å². The molecule has 3 heterocycles. The van der Waals surface area contributed by atoms with E-state index in [4.69, 9.17) is 0 Å². The third kappa shape index (κ3) is 3.27. The van der Waals surface area contributed by atoms with Crippen molar-refractivity contribution in [1.82, 2.24) is 14.9 Å². The Morgan fingerprint density at radius 2 is 1.81 bits per heavy atom. The van der Waals surface area contributed by atoms with Gasteiger partial charge in [0.2, 0.25) is 5.95 Å². The number of halogens is 2. The molecule has 3 rings (SSSR count). The van der Waals surface area contributed by atoms with Crippen LogP contribution in [0.25, 0.3) is 0 Å². The summed E-state index contributed by atoms with van der Waals surface area (Å²) in [5.41, 5.74) is 0. The van der Waals surface area contributed by atoms with Crippen LogP contribution < -0.4 is 4.90 Å². The summed E-state index contributed by atoms with van der Waals surface area (Å²) < 4.78 is 1.87. The summed E-state index contributed by atoms with van der Waals surface area (Å²) in [5, 5.41) is 0. The first kappa shape index (κ1) is 14.9. The van der Waals surface area contributed by atoms with Crippen molar-refractivity contribution in [2.24, 2.45) is 0 Å². The normalized spacial score (nSPS) is 15.3. The second-order valence-electron chi connectivity index (χ2n) is 4.56. The van der Waals surface area contributed by atoms with E-state index < -0.39 is 0 Å². The van der Waals surface area contributed by atoms with E-state index in [0.29, 0.717) is 13.1 Å². The zero-order valence-corrected chi connectivity index (χ0v) is 15.0. The van der Waals surface area contributed by atoms with Crippen molar-refractivity contribution in [3.8, 4) is 0 Å². The molecule has 1 amide bonds. The van der Waals surface area contributed by atoms with Crippen molar-refractivity contribution in [1.29, 1.82) is 0 Å². The first-order chi connectivity index (χ1) is 10.1. The van der Waals surface area contributed by atoms with E-state index in [1.165, 1.54) is 11.3 Å². The van der Waals surface area contributed by atoms with Crippen LogP contribution in [0.5, 0.6) is 0 Å². The number of carbonyl (C=O) groups excluding carboxylic acids is 1. The zero-order valence-electron chi connectivity index (χ0n) is 11.0. The fourth-order valence-electron chi connectivity index (χ4n) is 2.17. The van der Waals surface area contributed by atoms with Crippen LogP contribution in [0, 0.1) is 0 Å². The van der Waals surface area contributed by atoms with E-state index in [9.17, 15) is 4.79 Å². The van der Waals surface area contributed by atoms with Gasteiger partial charge in [-0.3, -0.25) is 4.79 Å². The van der Waals surface area contributed by atoms with Gasteiger partial charge in [0, 0.05) is 43.0 Å². The molecule has 21 heavy (non-hydrogen) atoms. The monoisotopic (exact) mass is 430 g/mol. The third-order valence-electron chi connectivity index (χ3n) is 3.26. The van der Waals surface area contributed by atoms with Crippen molar-refractivity contribution < 1.29 is 4.79 Å². The second kappa shape index (κ2) is 6.41. The predicted molar refractivity (Wildman–Crippen MR) is 89.9 cm³/mol. The van der Waals surface area contributed by atoms with Gasteiger partial charge in [0.1, 0.15) is 0 Å². The van der Waals surface area contributed by atoms with Gasteiger partial charge in [0.05, 0.1) is 8.66 Å². The van der Waals surface area contributed by atoms with Crippen LogP contribution in [0.4, 0.5) is 5.95 Å². The van der Waals surface area contributed by atoms with Crippen LogP contribution >= 0.6 is 43.2 Å². The van der Waals surface area contributed by atoms with Crippen LogP contribution in [0.3, 0.4) is 0 Å². The van der Waals surface area contributed by atoms with Crippen molar-refractivity contribution in [3.05, 3.63) is 37.7 Å². The smallest absolute Gasteiger partial charge is 0.264 e. The molecule has 0 bridgehead atoms. The number of amides is 1. The molecular formula is C13H12Br2N4OS. The highest BCUT2D eigenvalue weighted by atomic mass is 79.9. The van der Waals surface area contributed by atoms with Crippen molar-refractivity contribution in [3.63, 3.8) is 0 Å². The lowest BCUT2D eigenvalue weighted by molar-refractivity contribution is 0.0751. The lowest BCUT2D eigenvalue weighted by atomic mass is 10.3. The number of rotatable bonds is 2. The highest BCUT2D eigenvalue weighted by Crippen LogP contribution is 2.33. The number of carbonyl (C=O) groups is 1. The Kier molecular flexibility index (Phi) is 4.56. The molecule has 8 heteroatoms. The molecule has 2 aromatic rings. The lowest BCUT2D eigenvalue weighted by Gasteiger charge is -2.34.